The molecule has 0 bridgehead atoms. The average Bonchev–Trinajstić information content (AvgIpc) is 2.62. The summed E-state index contributed by atoms with van der Waals surface area (Å²) in [7, 11) is 2.22. The number of hydrogen-bond donors (Lipinski definition) is 1. The number of benzene rings is 1. The maximum Gasteiger partial charge on any atom is 0.0708 e. The van der Waals surface area contributed by atoms with Crippen LogP contribution in [0.15, 0.2) is 30.3 Å². The van der Waals surface area contributed by atoms with Gasteiger partial charge < -0.3 is 10.2 Å². The van der Waals surface area contributed by atoms with Crippen molar-refractivity contribution in [2.75, 3.05) is 26.7 Å². The van der Waals surface area contributed by atoms with Crippen molar-refractivity contribution in [1.29, 1.82) is 0 Å². The third-order valence-corrected chi connectivity index (χ3v) is 5.94. The molecule has 2 aliphatic heterocycles. The van der Waals surface area contributed by atoms with E-state index in [1.54, 1.807) is 0 Å². The zero-order valence-corrected chi connectivity index (χ0v) is 15.0. The largest absolute Gasteiger partial charge is 0.310 e. The summed E-state index contributed by atoms with van der Waals surface area (Å²) in [6.07, 6.45) is 5.02. The Morgan fingerprint density at radius 1 is 1.04 bits per heavy atom. The van der Waals surface area contributed by atoms with E-state index in [-0.39, 0.29) is 0 Å². The molecule has 128 valence electrons. The highest BCUT2D eigenvalue weighted by atomic mass is 15.1. The van der Waals surface area contributed by atoms with E-state index in [1.165, 1.54) is 60.9 Å². The predicted octanol–water partition coefficient (Wildman–Crippen LogP) is 4.10. The second-order valence-corrected chi connectivity index (χ2v) is 7.91. The number of rotatable bonds is 2. The Labute approximate surface area is 145 Å². The van der Waals surface area contributed by atoms with Gasteiger partial charge >= 0.3 is 0 Å². The minimum atomic E-state index is 0.499. The molecule has 24 heavy (non-hydrogen) atoms. The van der Waals surface area contributed by atoms with E-state index in [2.05, 4.69) is 54.5 Å². The smallest absolute Gasteiger partial charge is 0.0708 e. The summed E-state index contributed by atoms with van der Waals surface area (Å²) in [6.45, 7) is 5.84. The Morgan fingerprint density at radius 3 is 2.58 bits per heavy atom. The van der Waals surface area contributed by atoms with Crippen LogP contribution < -0.4 is 5.32 Å². The maximum absolute atomic E-state index is 5.05. The summed E-state index contributed by atoms with van der Waals surface area (Å²) in [6, 6.07) is 11.9. The Morgan fingerprint density at radius 2 is 1.83 bits per heavy atom. The molecule has 3 nitrogen and oxygen atoms in total. The summed E-state index contributed by atoms with van der Waals surface area (Å²) in [5.41, 5.74) is 3.87. The van der Waals surface area contributed by atoms with E-state index in [4.69, 9.17) is 4.98 Å². The summed E-state index contributed by atoms with van der Waals surface area (Å²) < 4.78 is 0. The lowest BCUT2D eigenvalue weighted by molar-refractivity contribution is 0.253. The van der Waals surface area contributed by atoms with Crippen LogP contribution in [-0.4, -0.2) is 36.6 Å². The maximum atomic E-state index is 5.05. The van der Waals surface area contributed by atoms with Gasteiger partial charge in [-0.3, -0.25) is 4.98 Å². The number of piperidine rings is 2. The quantitative estimate of drug-likeness (QED) is 0.901. The molecule has 0 saturated carbocycles. The molecule has 4 rings (SSSR count). The number of hydrogen-bond acceptors (Lipinski definition) is 3. The van der Waals surface area contributed by atoms with Crippen molar-refractivity contribution in [2.24, 2.45) is 5.92 Å². The fourth-order valence-corrected chi connectivity index (χ4v) is 4.18. The van der Waals surface area contributed by atoms with Crippen molar-refractivity contribution >= 4 is 10.9 Å². The molecule has 2 fully saturated rings. The van der Waals surface area contributed by atoms with E-state index >= 15 is 0 Å². The SMILES string of the molecule is C[C@H]1CC[C@H](c2ccc3ccc(C4CCN(C)CC4)nc3c2)NC1. The molecule has 1 aromatic carbocycles. The molecule has 0 aliphatic carbocycles. The first-order chi connectivity index (χ1) is 11.7. The van der Waals surface area contributed by atoms with Crippen molar-refractivity contribution in [3.8, 4) is 0 Å². The highest BCUT2D eigenvalue weighted by molar-refractivity contribution is 5.79. The van der Waals surface area contributed by atoms with Gasteiger partial charge in [0.25, 0.3) is 0 Å². The summed E-state index contributed by atoms with van der Waals surface area (Å²) in [5.74, 6) is 1.43. The Bertz CT molecular complexity index is 639. The second kappa shape index (κ2) is 6.81. The van der Waals surface area contributed by atoms with Gasteiger partial charge in [0.15, 0.2) is 0 Å². The van der Waals surface area contributed by atoms with Gasteiger partial charge in [-0.25, -0.2) is 0 Å². The summed E-state index contributed by atoms with van der Waals surface area (Å²) in [4.78, 5) is 7.47. The van der Waals surface area contributed by atoms with Crippen molar-refractivity contribution in [2.45, 2.75) is 44.6 Å². The van der Waals surface area contributed by atoms with Crippen molar-refractivity contribution in [1.82, 2.24) is 15.2 Å². The molecule has 2 saturated heterocycles. The number of nitrogens with one attached hydrogen (secondary N) is 1. The van der Waals surface area contributed by atoms with Crippen LogP contribution in [0.4, 0.5) is 0 Å². The van der Waals surface area contributed by atoms with Crippen molar-refractivity contribution in [3.63, 3.8) is 0 Å². The lowest BCUT2D eigenvalue weighted by Crippen LogP contribution is -2.31. The highest BCUT2D eigenvalue weighted by Gasteiger charge is 2.21. The lowest BCUT2D eigenvalue weighted by Gasteiger charge is -2.29. The fraction of sp³-hybridized carbons (Fsp3) is 0.571. The van der Waals surface area contributed by atoms with E-state index in [0.29, 0.717) is 12.0 Å². The van der Waals surface area contributed by atoms with E-state index in [1.807, 2.05) is 0 Å². The molecule has 0 amide bonds. The highest BCUT2D eigenvalue weighted by Crippen LogP contribution is 2.30. The van der Waals surface area contributed by atoms with Crippen LogP contribution in [0, 0.1) is 5.92 Å². The summed E-state index contributed by atoms with van der Waals surface area (Å²) >= 11 is 0. The van der Waals surface area contributed by atoms with Crippen LogP contribution in [0.25, 0.3) is 10.9 Å². The fourth-order valence-electron chi connectivity index (χ4n) is 4.18. The number of pyridine rings is 1. The van der Waals surface area contributed by atoms with Crippen molar-refractivity contribution in [3.05, 3.63) is 41.6 Å². The molecule has 0 radical (unpaired) electrons. The normalized spacial score (nSPS) is 26.8. The zero-order chi connectivity index (χ0) is 16.5. The predicted molar refractivity (Wildman–Crippen MR) is 100 cm³/mol. The van der Waals surface area contributed by atoms with Gasteiger partial charge in [-0.15, -0.1) is 0 Å². The molecule has 3 heteroatoms. The molecule has 2 atom stereocenters. The van der Waals surface area contributed by atoms with Gasteiger partial charge in [-0.05, 0) is 76.0 Å². The third kappa shape index (κ3) is 3.33. The van der Waals surface area contributed by atoms with Crippen LogP contribution >= 0.6 is 0 Å². The molecule has 3 heterocycles. The standard InChI is InChI=1S/C21H29N3/c1-15-3-7-19(22-14-15)18-5-4-16-6-8-20(23-21(16)13-18)17-9-11-24(2)12-10-17/h4-6,8,13,15,17,19,22H,3,7,9-12,14H2,1-2H3/t15-,19+/m0/s1. The topological polar surface area (TPSA) is 28.2 Å². The van der Waals surface area contributed by atoms with Crippen LogP contribution in [0.2, 0.25) is 0 Å². The lowest BCUT2D eigenvalue weighted by atomic mass is 9.91. The van der Waals surface area contributed by atoms with Crippen molar-refractivity contribution < 1.29 is 0 Å². The number of likely N-dealkylation sites (tertiary alicyclic amines) is 1. The molecular formula is C21H29N3. The first kappa shape index (κ1) is 16.0. The Hall–Kier alpha value is -1.45. The molecule has 2 aromatic rings. The van der Waals surface area contributed by atoms with E-state index in [0.717, 1.165) is 12.5 Å². The third-order valence-electron chi connectivity index (χ3n) is 5.94. The molecule has 1 N–H and O–H groups in total. The van der Waals surface area contributed by atoms with Gasteiger partial charge in [-0.2, -0.15) is 0 Å². The van der Waals surface area contributed by atoms with E-state index in [9.17, 15) is 0 Å². The number of aromatic nitrogens is 1. The second-order valence-electron chi connectivity index (χ2n) is 7.91. The van der Waals surface area contributed by atoms with Gasteiger partial charge in [0.1, 0.15) is 0 Å². The Kier molecular flexibility index (Phi) is 4.55. The molecule has 0 unspecified atom stereocenters. The van der Waals surface area contributed by atoms with E-state index < -0.39 is 0 Å². The first-order valence-electron chi connectivity index (χ1n) is 9.51. The Balaban J connectivity index is 1.58. The number of fused-ring (bicyclic) bond motifs is 1. The first-order valence-corrected chi connectivity index (χ1v) is 9.51. The molecular weight excluding hydrogens is 294 g/mol. The van der Waals surface area contributed by atoms with Crippen LogP contribution in [0.3, 0.4) is 0 Å². The number of nitrogens with zero attached hydrogens (tertiary/aromatic N) is 2. The minimum Gasteiger partial charge on any atom is -0.310 e. The van der Waals surface area contributed by atoms with Gasteiger partial charge in [0.2, 0.25) is 0 Å². The van der Waals surface area contributed by atoms with Gasteiger partial charge in [0.05, 0.1) is 5.52 Å². The van der Waals surface area contributed by atoms with Gasteiger partial charge in [-0.1, -0.05) is 25.1 Å². The molecule has 0 spiro atoms. The molecule has 2 aliphatic rings. The van der Waals surface area contributed by atoms with Crippen LogP contribution in [0.1, 0.15) is 55.8 Å². The van der Waals surface area contributed by atoms with Crippen LogP contribution in [0.5, 0.6) is 0 Å². The zero-order valence-electron chi connectivity index (χ0n) is 15.0. The summed E-state index contributed by atoms with van der Waals surface area (Å²) in [5, 5.41) is 4.96. The monoisotopic (exact) mass is 323 g/mol. The minimum absolute atomic E-state index is 0.499. The average molecular weight is 323 g/mol. The van der Waals surface area contributed by atoms with Gasteiger partial charge in [0, 0.05) is 23.0 Å². The molecule has 1 aromatic heterocycles. The van der Waals surface area contributed by atoms with Crippen LogP contribution in [-0.2, 0) is 0 Å².